The van der Waals surface area contributed by atoms with E-state index in [1.807, 2.05) is 0 Å². The molecule has 0 bridgehead atoms. The lowest BCUT2D eigenvalue weighted by Crippen LogP contribution is -2.31. The molecule has 0 fully saturated rings. The van der Waals surface area contributed by atoms with E-state index in [4.69, 9.17) is 0 Å². The number of aliphatic hydroxyl groups is 1. The number of halogens is 3. The van der Waals surface area contributed by atoms with Crippen LogP contribution in [-0.2, 0) is 6.18 Å². The van der Waals surface area contributed by atoms with E-state index in [2.05, 4.69) is 0 Å². The minimum atomic E-state index is -4.42. The maximum Gasteiger partial charge on any atom is 0.416 e. The lowest BCUT2D eigenvalue weighted by atomic mass is 9.96. The Labute approximate surface area is 90.7 Å². The first-order valence-corrected chi connectivity index (χ1v) is 4.57. The van der Waals surface area contributed by atoms with Gasteiger partial charge in [0.1, 0.15) is 5.60 Å². The van der Waals surface area contributed by atoms with Gasteiger partial charge in [0, 0.05) is 5.56 Å². The molecule has 0 aromatic heterocycles. The predicted octanol–water partition coefficient (Wildman–Crippen LogP) is 2.66. The molecule has 0 spiro atoms. The Morgan fingerprint density at radius 3 is 1.88 bits per heavy atom. The second-order valence-electron chi connectivity index (χ2n) is 3.96. The first-order chi connectivity index (χ1) is 7.12. The van der Waals surface area contributed by atoms with Gasteiger partial charge in [-0.1, -0.05) is 12.1 Å². The zero-order valence-corrected chi connectivity index (χ0v) is 8.80. The molecule has 0 aliphatic heterocycles. The van der Waals surface area contributed by atoms with E-state index in [0.29, 0.717) is 0 Å². The molecule has 0 atom stereocenters. The number of hydrogen-bond acceptors (Lipinski definition) is 2. The van der Waals surface area contributed by atoms with E-state index in [9.17, 15) is 23.1 Å². The third-order valence-electron chi connectivity index (χ3n) is 2.03. The van der Waals surface area contributed by atoms with Gasteiger partial charge in [-0.05, 0) is 26.0 Å². The SMILES string of the molecule is CC(C)(O)C(=O)c1ccc(C(F)(F)F)cc1. The number of carbonyl (C=O) groups is 1. The number of carbonyl (C=O) groups excluding carboxylic acids is 1. The van der Waals surface area contributed by atoms with Crippen LogP contribution >= 0.6 is 0 Å². The smallest absolute Gasteiger partial charge is 0.382 e. The van der Waals surface area contributed by atoms with Crippen molar-refractivity contribution in [1.29, 1.82) is 0 Å². The summed E-state index contributed by atoms with van der Waals surface area (Å²) in [5, 5.41) is 9.40. The average Bonchev–Trinajstić information content (AvgIpc) is 2.14. The highest BCUT2D eigenvalue weighted by atomic mass is 19.4. The van der Waals surface area contributed by atoms with E-state index in [0.717, 1.165) is 24.3 Å². The van der Waals surface area contributed by atoms with Crippen molar-refractivity contribution in [2.75, 3.05) is 0 Å². The zero-order chi connectivity index (χ0) is 12.6. The van der Waals surface area contributed by atoms with E-state index in [1.165, 1.54) is 13.8 Å². The Hall–Kier alpha value is -1.36. The Bertz CT molecular complexity index is 385. The van der Waals surface area contributed by atoms with Crippen molar-refractivity contribution in [3.05, 3.63) is 35.4 Å². The van der Waals surface area contributed by atoms with Gasteiger partial charge in [0.25, 0.3) is 0 Å². The van der Waals surface area contributed by atoms with Crippen LogP contribution in [0.5, 0.6) is 0 Å². The van der Waals surface area contributed by atoms with Gasteiger partial charge in [-0.25, -0.2) is 0 Å². The van der Waals surface area contributed by atoms with E-state index >= 15 is 0 Å². The Morgan fingerprint density at radius 1 is 1.12 bits per heavy atom. The third kappa shape index (κ3) is 2.82. The summed E-state index contributed by atoms with van der Waals surface area (Å²) in [6.45, 7) is 2.57. The van der Waals surface area contributed by atoms with Crippen molar-refractivity contribution in [3.8, 4) is 0 Å². The predicted molar refractivity (Wildman–Crippen MR) is 52.1 cm³/mol. The van der Waals surface area contributed by atoms with Gasteiger partial charge in [-0.15, -0.1) is 0 Å². The average molecular weight is 232 g/mol. The Kier molecular flexibility index (Phi) is 3.10. The van der Waals surface area contributed by atoms with Crippen molar-refractivity contribution >= 4 is 5.78 Å². The first-order valence-electron chi connectivity index (χ1n) is 4.57. The molecule has 1 aromatic carbocycles. The summed E-state index contributed by atoms with van der Waals surface area (Å²) in [5.41, 5.74) is -2.35. The van der Waals surface area contributed by atoms with E-state index in [-0.39, 0.29) is 5.56 Å². The fourth-order valence-electron chi connectivity index (χ4n) is 1.16. The minimum absolute atomic E-state index is 0.0560. The molecule has 1 N–H and O–H groups in total. The van der Waals surface area contributed by atoms with Crippen molar-refractivity contribution < 1.29 is 23.1 Å². The van der Waals surface area contributed by atoms with Crippen molar-refractivity contribution in [3.63, 3.8) is 0 Å². The minimum Gasteiger partial charge on any atom is -0.382 e. The highest BCUT2D eigenvalue weighted by Crippen LogP contribution is 2.29. The summed E-state index contributed by atoms with van der Waals surface area (Å²) in [7, 11) is 0. The molecule has 1 aromatic rings. The number of hydrogen-bond donors (Lipinski definition) is 1. The molecule has 0 heterocycles. The highest BCUT2D eigenvalue weighted by Gasteiger charge is 2.31. The summed E-state index contributed by atoms with van der Waals surface area (Å²) in [6.07, 6.45) is -4.42. The standard InChI is InChI=1S/C11H11F3O2/c1-10(2,16)9(15)7-3-5-8(6-4-7)11(12,13)14/h3-6,16H,1-2H3. The topological polar surface area (TPSA) is 37.3 Å². The highest BCUT2D eigenvalue weighted by molar-refractivity contribution is 6.01. The molecular weight excluding hydrogens is 221 g/mol. The van der Waals surface area contributed by atoms with Gasteiger partial charge in [0.05, 0.1) is 5.56 Å². The molecule has 0 amide bonds. The summed E-state index contributed by atoms with van der Waals surface area (Å²) in [5.74, 6) is -0.610. The van der Waals surface area contributed by atoms with Crippen LogP contribution in [0, 0.1) is 0 Å². The van der Waals surface area contributed by atoms with Gasteiger partial charge in [-0.3, -0.25) is 4.79 Å². The van der Waals surface area contributed by atoms with Crippen LogP contribution in [-0.4, -0.2) is 16.5 Å². The van der Waals surface area contributed by atoms with Crippen molar-refractivity contribution in [2.24, 2.45) is 0 Å². The molecule has 5 heteroatoms. The van der Waals surface area contributed by atoms with Gasteiger partial charge in [-0.2, -0.15) is 13.2 Å². The summed E-state index contributed by atoms with van der Waals surface area (Å²) in [6, 6.07) is 3.75. The summed E-state index contributed by atoms with van der Waals surface area (Å²) < 4.78 is 36.7. The van der Waals surface area contributed by atoms with E-state index in [1.54, 1.807) is 0 Å². The van der Waals surface area contributed by atoms with Gasteiger partial charge >= 0.3 is 6.18 Å². The number of Topliss-reactive ketones (excluding diaryl/α,β-unsaturated/α-hetero) is 1. The molecule has 0 saturated carbocycles. The molecule has 0 saturated heterocycles. The molecule has 0 aliphatic rings. The Morgan fingerprint density at radius 2 is 1.56 bits per heavy atom. The zero-order valence-electron chi connectivity index (χ0n) is 8.80. The first kappa shape index (κ1) is 12.7. The van der Waals surface area contributed by atoms with E-state index < -0.39 is 23.1 Å². The summed E-state index contributed by atoms with van der Waals surface area (Å²) >= 11 is 0. The van der Waals surface area contributed by atoms with Crippen LogP contribution in [0.15, 0.2) is 24.3 Å². The molecule has 0 unspecified atom stereocenters. The number of rotatable bonds is 2. The van der Waals surface area contributed by atoms with Crippen LogP contribution in [0.4, 0.5) is 13.2 Å². The molecule has 0 radical (unpaired) electrons. The monoisotopic (exact) mass is 232 g/mol. The largest absolute Gasteiger partial charge is 0.416 e. The van der Waals surface area contributed by atoms with Gasteiger partial charge in [0.15, 0.2) is 5.78 Å². The van der Waals surface area contributed by atoms with Crippen LogP contribution in [0.1, 0.15) is 29.8 Å². The number of ketones is 1. The lowest BCUT2D eigenvalue weighted by molar-refractivity contribution is -0.137. The Balaban J connectivity index is 3.01. The maximum atomic E-state index is 12.2. The molecule has 2 nitrogen and oxygen atoms in total. The van der Waals surface area contributed by atoms with Gasteiger partial charge < -0.3 is 5.11 Å². The second kappa shape index (κ2) is 3.90. The normalized spacial score (nSPS) is 12.6. The van der Waals surface area contributed by atoms with Crippen LogP contribution in [0.3, 0.4) is 0 Å². The number of benzene rings is 1. The molecule has 1 rings (SSSR count). The third-order valence-corrected chi connectivity index (χ3v) is 2.03. The summed E-state index contributed by atoms with van der Waals surface area (Å²) in [4.78, 5) is 11.5. The van der Waals surface area contributed by atoms with Crippen LogP contribution in [0.2, 0.25) is 0 Å². The molecule has 88 valence electrons. The quantitative estimate of drug-likeness (QED) is 0.796. The number of alkyl halides is 3. The molecule has 0 aliphatic carbocycles. The van der Waals surface area contributed by atoms with Gasteiger partial charge in [0.2, 0.25) is 0 Å². The lowest BCUT2D eigenvalue weighted by Gasteiger charge is -2.15. The maximum absolute atomic E-state index is 12.2. The van der Waals surface area contributed by atoms with Crippen molar-refractivity contribution in [1.82, 2.24) is 0 Å². The second-order valence-corrected chi connectivity index (χ2v) is 3.96. The molecule has 16 heavy (non-hydrogen) atoms. The van der Waals surface area contributed by atoms with Crippen molar-refractivity contribution in [2.45, 2.75) is 25.6 Å². The fourth-order valence-corrected chi connectivity index (χ4v) is 1.16. The van der Waals surface area contributed by atoms with Crippen LogP contribution < -0.4 is 0 Å². The molecular formula is C11H11F3O2. The van der Waals surface area contributed by atoms with Crippen LogP contribution in [0.25, 0.3) is 0 Å². The fraction of sp³-hybridized carbons (Fsp3) is 0.364.